The molecule has 0 spiro atoms. The van der Waals surface area contributed by atoms with Gasteiger partial charge in [-0.25, -0.2) is 0 Å². The lowest BCUT2D eigenvalue weighted by Gasteiger charge is -2.35. The second kappa shape index (κ2) is 8.90. The van der Waals surface area contributed by atoms with Gasteiger partial charge in [-0.2, -0.15) is 0 Å². The van der Waals surface area contributed by atoms with E-state index in [9.17, 15) is 4.79 Å². The third-order valence-electron chi connectivity index (χ3n) is 4.62. The molecule has 4 N–H and O–H groups in total. The third-order valence-corrected chi connectivity index (χ3v) is 4.62. The summed E-state index contributed by atoms with van der Waals surface area (Å²) in [7, 11) is 0. The van der Waals surface area contributed by atoms with Crippen molar-refractivity contribution < 1.29 is 10.0 Å². The summed E-state index contributed by atoms with van der Waals surface area (Å²) in [6, 6.07) is 0.202. The number of hydrogen-bond donors (Lipinski definition) is 3. The van der Waals surface area contributed by atoms with Crippen LogP contribution in [0.15, 0.2) is 5.16 Å². The number of nitrogens with one attached hydrogen (secondary N) is 1. The molecule has 1 atom stereocenters. The van der Waals surface area contributed by atoms with Gasteiger partial charge in [0.25, 0.3) is 0 Å². The van der Waals surface area contributed by atoms with E-state index in [1.807, 2.05) is 0 Å². The molecule has 0 radical (unpaired) electrons. The fraction of sp³-hybridized carbons (Fsp3) is 0.875. The largest absolute Gasteiger partial charge is 0.409 e. The molecule has 1 rings (SSSR count). The number of carbonyl (C=O) groups is 1. The first-order chi connectivity index (χ1) is 10.1. The number of oxime groups is 1. The van der Waals surface area contributed by atoms with Gasteiger partial charge < -0.3 is 16.3 Å². The number of amides is 1. The van der Waals surface area contributed by atoms with Crippen LogP contribution < -0.4 is 11.1 Å². The Bertz CT molecular complexity index is 349. The molecule has 122 valence electrons. The molecular weight excluding hydrogens is 266 g/mol. The Morgan fingerprint density at radius 1 is 1.24 bits per heavy atom. The number of rotatable bonds is 8. The first-order valence-corrected chi connectivity index (χ1v) is 8.39. The summed E-state index contributed by atoms with van der Waals surface area (Å²) >= 11 is 0. The second-order valence-corrected chi connectivity index (χ2v) is 6.23. The maximum atomic E-state index is 12.8. The predicted molar refractivity (Wildman–Crippen MR) is 85.3 cm³/mol. The molecule has 1 saturated carbocycles. The lowest BCUT2D eigenvalue weighted by Crippen LogP contribution is -2.53. The molecule has 5 heteroatoms. The standard InChI is InChI=1S/C16H31N3O2/c1-3-5-10-13(9-4-2)18-15(20)16(14(17)19-21)11-7-6-8-12-16/h13,21H,3-12H2,1-2H3,(H2,17,19)(H,18,20). The Hall–Kier alpha value is -1.26. The normalized spacial score (nSPS) is 20.0. The van der Waals surface area contributed by atoms with Crippen LogP contribution in [-0.2, 0) is 4.79 Å². The molecule has 0 saturated heterocycles. The maximum absolute atomic E-state index is 12.8. The zero-order chi connectivity index (χ0) is 15.7. The third kappa shape index (κ3) is 4.61. The van der Waals surface area contributed by atoms with Crippen molar-refractivity contribution in [2.45, 2.75) is 84.1 Å². The van der Waals surface area contributed by atoms with Crippen LogP contribution >= 0.6 is 0 Å². The van der Waals surface area contributed by atoms with Crippen molar-refractivity contribution in [1.29, 1.82) is 0 Å². The minimum Gasteiger partial charge on any atom is -0.409 e. The minimum absolute atomic E-state index is 0.0490. The Balaban J connectivity index is 2.79. The summed E-state index contributed by atoms with van der Waals surface area (Å²) in [5.74, 6) is 0.0255. The molecule has 1 amide bonds. The molecule has 21 heavy (non-hydrogen) atoms. The Labute approximate surface area is 128 Å². The molecule has 1 aliphatic rings. The van der Waals surface area contributed by atoms with Crippen LogP contribution in [0.5, 0.6) is 0 Å². The molecule has 0 aromatic heterocycles. The molecule has 0 heterocycles. The molecule has 1 unspecified atom stereocenters. The van der Waals surface area contributed by atoms with Crippen LogP contribution in [-0.4, -0.2) is 23.0 Å². The quantitative estimate of drug-likeness (QED) is 0.278. The number of nitrogens with two attached hydrogens (primary N) is 1. The lowest BCUT2D eigenvalue weighted by molar-refractivity contribution is -0.129. The number of nitrogens with zero attached hydrogens (tertiary/aromatic N) is 1. The lowest BCUT2D eigenvalue weighted by atomic mass is 9.72. The van der Waals surface area contributed by atoms with E-state index in [4.69, 9.17) is 10.9 Å². The molecule has 0 aromatic rings. The van der Waals surface area contributed by atoms with E-state index in [1.165, 1.54) is 0 Å². The summed E-state index contributed by atoms with van der Waals surface area (Å²) in [6.45, 7) is 4.29. The second-order valence-electron chi connectivity index (χ2n) is 6.23. The fourth-order valence-corrected chi connectivity index (χ4v) is 3.26. The Morgan fingerprint density at radius 2 is 1.90 bits per heavy atom. The van der Waals surface area contributed by atoms with Gasteiger partial charge in [0, 0.05) is 6.04 Å². The molecule has 1 fully saturated rings. The smallest absolute Gasteiger partial charge is 0.234 e. The van der Waals surface area contributed by atoms with Gasteiger partial charge in [-0.3, -0.25) is 4.79 Å². The monoisotopic (exact) mass is 297 g/mol. The van der Waals surface area contributed by atoms with Crippen molar-refractivity contribution >= 4 is 11.7 Å². The van der Waals surface area contributed by atoms with Crippen molar-refractivity contribution in [3.63, 3.8) is 0 Å². The van der Waals surface area contributed by atoms with Crippen LogP contribution in [0.4, 0.5) is 0 Å². The first-order valence-electron chi connectivity index (χ1n) is 8.39. The van der Waals surface area contributed by atoms with Gasteiger partial charge in [0.15, 0.2) is 5.84 Å². The van der Waals surface area contributed by atoms with Gasteiger partial charge in [0.2, 0.25) is 5.91 Å². The van der Waals surface area contributed by atoms with Crippen LogP contribution in [0.3, 0.4) is 0 Å². The van der Waals surface area contributed by atoms with Gasteiger partial charge in [-0.05, 0) is 25.7 Å². The van der Waals surface area contributed by atoms with Gasteiger partial charge in [-0.15, -0.1) is 0 Å². The SMILES string of the molecule is CCCCC(CCC)NC(=O)C1(C(N)=NO)CCCCC1. The highest BCUT2D eigenvalue weighted by molar-refractivity contribution is 6.06. The molecule has 0 aliphatic heterocycles. The van der Waals surface area contributed by atoms with E-state index >= 15 is 0 Å². The van der Waals surface area contributed by atoms with E-state index in [1.54, 1.807) is 0 Å². The van der Waals surface area contributed by atoms with E-state index < -0.39 is 5.41 Å². The molecular formula is C16H31N3O2. The first kappa shape index (κ1) is 17.8. The van der Waals surface area contributed by atoms with Crippen molar-refractivity contribution in [1.82, 2.24) is 5.32 Å². The molecule has 0 aromatic carbocycles. The summed E-state index contributed by atoms with van der Waals surface area (Å²) in [5, 5.41) is 15.4. The van der Waals surface area contributed by atoms with E-state index in [2.05, 4.69) is 24.3 Å². The number of carbonyl (C=O) groups excluding carboxylic acids is 1. The average molecular weight is 297 g/mol. The van der Waals surface area contributed by atoms with E-state index in [0.29, 0.717) is 12.8 Å². The van der Waals surface area contributed by atoms with Crippen LogP contribution in [0.25, 0.3) is 0 Å². The summed E-state index contributed by atoms with van der Waals surface area (Å²) in [4.78, 5) is 12.8. The van der Waals surface area contributed by atoms with Crippen LogP contribution in [0.1, 0.15) is 78.1 Å². The highest BCUT2D eigenvalue weighted by atomic mass is 16.4. The number of unbranched alkanes of at least 4 members (excludes halogenated alkanes) is 1. The Morgan fingerprint density at radius 3 is 2.43 bits per heavy atom. The zero-order valence-electron chi connectivity index (χ0n) is 13.5. The van der Waals surface area contributed by atoms with Crippen molar-refractivity contribution in [3.05, 3.63) is 0 Å². The highest BCUT2D eigenvalue weighted by Gasteiger charge is 2.44. The fourth-order valence-electron chi connectivity index (χ4n) is 3.26. The van der Waals surface area contributed by atoms with E-state index in [0.717, 1.165) is 51.4 Å². The summed E-state index contributed by atoms with van der Waals surface area (Å²) < 4.78 is 0. The van der Waals surface area contributed by atoms with E-state index in [-0.39, 0.29) is 17.8 Å². The highest BCUT2D eigenvalue weighted by Crippen LogP contribution is 2.37. The van der Waals surface area contributed by atoms with Gasteiger partial charge in [0.05, 0.1) is 0 Å². The topological polar surface area (TPSA) is 87.7 Å². The zero-order valence-corrected chi connectivity index (χ0v) is 13.5. The van der Waals surface area contributed by atoms with Crippen LogP contribution in [0, 0.1) is 5.41 Å². The molecule has 0 bridgehead atoms. The molecule has 1 aliphatic carbocycles. The van der Waals surface area contributed by atoms with Crippen molar-refractivity contribution in [3.8, 4) is 0 Å². The molecule has 5 nitrogen and oxygen atoms in total. The number of hydrogen-bond acceptors (Lipinski definition) is 3. The van der Waals surface area contributed by atoms with Gasteiger partial charge in [-0.1, -0.05) is 57.5 Å². The summed E-state index contributed by atoms with van der Waals surface area (Å²) in [6.07, 6.45) is 9.66. The average Bonchev–Trinajstić information content (AvgIpc) is 2.52. The van der Waals surface area contributed by atoms with Gasteiger partial charge >= 0.3 is 0 Å². The predicted octanol–water partition coefficient (Wildman–Crippen LogP) is 3.16. The van der Waals surface area contributed by atoms with Crippen LogP contribution in [0.2, 0.25) is 0 Å². The van der Waals surface area contributed by atoms with Crippen molar-refractivity contribution in [2.24, 2.45) is 16.3 Å². The van der Waals surface area contributed by atoms with Gasteiger partial charge in [0.1, 0.15) is 5.41 Å². The van der Waals surface area contributed by atoms with Crippen molar-refractivity contribution in [2.75, 3.05) is 0 Å². The minimum atomic E-state index is -0.800. The number of amidine groups is 1. The maximum Gasteiger partial charge on any atom is 0.234 e. The summed E-state index contributed by atoms with van der Waals surface area (Å²) in [5.41, 5.74) is 5.07. The Kier molecular flexibility index (Phi) is 7.54.